The van der Waals surface area contributed by atoms with Crippen molar-refractivity contribution >= 4 is 27.7 Å². The largest absolute Gasteiger partial charge is 0.356 e. The van der Waals surface area contributed by atoms with Crippen LogP contribution in [0.15, 0.2) is 42.9 Å². The van der Waals surface area contributed by atoms with Crippen molar-refractivity contribution in [2.24, 2.45) is 5.92 Å². The Morgan fingerprint density at radius 2 is 1.86 bits per heavy atom. The van der Waals surface area contributed by atoms with Gasteiger partial charge in [0.1, 0.15) is 17.8 Å². The summed E-state index contributed by atoms with van der Waals surface area (Å²) in [5.41, 5.74) is 3.31. The van der Waals surface area contributed by atoms with Crippen molar-refractivity contribution in [3.05, 3.63) is 54.0 Å². The predicted octanol–water partition coefficient (Wildman–Crippen LogP) is 4.21. The zero-order valence-electron chi connectivity index (χ0n) is 16.6. The number of benzene rings is 1. The van der Waals surface area contributed by atoms with Crippen molar-refractivity contribution in [1.82, 2.24) is 15.0 Å². The number of hydrogen-bond donors (Lipinski definition) is 1. The molecule has 2 heterocycles. The van der Waals surface area contributed by atoms with Crippen LogP contribution < -0.4 is 4.90 Å². The van der Waals surface area contributed by atoms with Gasteiger partial charge in [-0.3, -0.25) is 4.21 Å². The molecule has 0 amide bonds. The van der Waals surface area contributed by atoms with E-state index in [1.165, 1.54) is 11.1 Å². The summed E-state index contributed by atoms with van der Waals surface area (Å²) in [6, 6.07) is 10.9. The topological polar surface area (TPSA) is 61.9 Å². The summed E-state index contributed by atoms with van der Waals surface area (Å²) in [7, 11) is 1.35. The monoisotopic (exact) mass is 396 g/mol. The Labute approximate surface area is 169 Å². The Hall–Kier alpha value is -2.21. The van der Waals surface area contributed by atoms with Gasteiger partial charge in [-0.15, -0.1) is 0 Å². The molecule has 148 valence electrons. The predicted molar refractivity (Wildman–Crippen MR) is 116 cm³/mol. The van der Waals surface area contributed by atoms with Crippen LogP contribution >= 0.6 is 0 Å². The SMILES string of the molecule is Cc1ccc(CS(=O)CC2CCC(N(C)c3ncnc4[nH]ccc34)CC2)cc1. The molecule has 0 aliphatic heterocycles. The Balaban J connectivity index is 1.31. The van der Waals surface area contributed by atoms with Crippen molar-refractivity contribution in [3.8, 4) is 0 Å². The molecule has 1 aromatic carbocycles. The van der Waals surface area contributed by atoms with Gasteiger partial charge in [-0.1, -0.05) is 29.8 Å². The van der Waals surface area contributed by atoms with E-state index in [0.29, 0.717) is 17.7 Å². The first-order valence-corrected chi connectivity index (χ1v) is 11.5. The summed E-state index contributed by atoms with van der Waals surface area (Å²) in [6.45, 7) is 2.08. The highest BCUT2D eigenvalue weighted by atomic mass is 32.2. The number of rotatable bonds is 6. The maximum Gasteiger partial charge on any atom is 0.142 e. The van der Waals surface area contributed by atoms with Crippen LogP contribution in [0.25, 0.3) is 11.0 Å². The van der Waals surface area contributed by atoms with Gasteiger partial charge in [0.2, 0.25) is 0 Å². The standard InChI is InChI=1S/C22H28N4OS/c1-16-3-5-17(6-4-16)13-28(27)14-18-7-9-19(10-8-18)26(2)22-20-11-12-23-21(20)24-15-25-22/h3-6,11-12,15,18-19H,7-10,13-14H2,1-2H3,(H,23,24,25). The lowest BCUT2D eigenvalue weighted by Gasteiger charge is -2.35. The molecule has 0 saturated heterocycles. The summed E-state index contributed by atoms with van der Waals surface area (Å²) in [5.74, 6) is 3.05. The quantitative estimate of drug-likeness (QED) is 0.678. The lowest BCUT2D eigenvalue weighted by molar-refractivity contribution is 0.343. The highest BCUT2D eigenvalue weighted by molar-refractivity contribution is 7.84. The van der Waals surface area contributed by atoms with E-state index in [0.717, 1.165) is 48.3 Å². The van der Waals surface area contributed by atoms with Gasteiger partial charge in [0.25, 0.3) is 0 Å². The second-order valence-electron chi connectivity index (χ2n) is 7.96. The Morgan fingerprint density at radius 3 is 2.61 bits per heavy atom. The van der Waals surface area contributed by atoms with Gasteiger partial charge in [0, 0.05) is 41.6 Å². The third kappa shape index (κ3) is 4.27. The Bertz CT molecular complexity index is 945. The van der Waals surface area contributed by atoms with E-state index in [9.17, 15) is 4.21 Å². The van der Waals surface area contributed by atoms with Gasteiger partial charge in [0.05, 0.1) is 5.39 Å². The number of hydrogen-bond acceptors (Lipinski definition) is 4. The van der Waals surface area contributed by atoms with Gasteiger partial charge in [-0.05, 0) is 50.2 Å². The first kappa shape index (κ1) is 19.1. The fraction of sp³-hybridized carbons (Fsp3) is 0.455. The lowest BCUT2D eigenvalue weighted by Crippen LogP contribution is -2.36. The zero-order chi connectivity index (χ0) is 19.5. The zero-order valence-corrected chi connectivity index (χ0v) is 17.4. The molecular formula is C22H28N4OS. The fourth-order valence-corrected chi connectivity index (χ4v) is 5.74. The van der Waals surface area contributed by atoms with Crippen LogP contribution in [0.3, 0.4) is 0 Å². The molecule has 5 nitrogen and oxygen atoms in total. The van der Waals surface area contributed by atoms with Gasteiger partial charge >= 0.3 is 0 Å². The molecular weight excluding hydrogens is 368 g/mol. The second kappa shape index (κ2) is 8.43. The number of nitrogens with zero attached hydrogens (tertiary/aromatic N) is 3. The molecule has 1 fully saturated rings. The molecule has 1 N–H and O–H groups in total. The van der Waals surface area contributed by atoms with E-state index in [4.69, 9.17) is 0 Å². The molecule has 28 heavy (non-hydrogen) atoms. The van der Waals surface area contributed by atoms with Crippen LogP contribution in [-0.2, 0) is 16.6 Å². The molecule has 1 atom stereocenters. The summed E-state index contributed by atoms with van der Waals surface area (Å²) in [5, 5.41) is 1.08. The number of H-pyrrole nitrogens is 1. The van der Waals surface area contributed by atoms with Crippen LogP contribution in [0.2, 0.25) is 0 Å². The van der Waals surface area contributed by atoms with E-state index in [2.05, 4.69) is 58.1 Å². The van der Waals surface area contributed by atoms with E-state index in [-0.39, 0.29) is 0 Å². The first-order valence-electron chi connectivity index (χ1n) is 10.0. The van der Waals surface area contributed by atoms with Crippen LogP contribution in [0.5, 0.6) is 0 Å². The van der Waals surface area contributed by atoms with Crippen molar-refractivity contribution < 1.29 is 4.21 Å². The highest BCUT2D eigenvalue weighted by Gasteiger charge is 2.26. The highest BCUT2D eigenvalue weighted by Crippen LogP contribution is 2.32. The van der Waals surface area contributed by atoms with Crippen LogP contribution in [0.1, 0.15) is 36.8 Å². The minimum atomic E-state index is -0.785. The molecule has 1 aliphatic carbocycles. The summed E-state index contributed by atoms with van der Waals surface area (Å²) in [4.78, 5) is 14.3. The molecule has 1 saturated carbocycles. The number of nitrogens with one attached hydrogen (secondary N) is 1. The van der Waals surface area contributed by atoms with Crippen LogP contribution in [0, 0.1) is 12.8 Å². The average Bonchev–Trinajstić information content (AvgIpc) is 3.19. The van der Waals surface area contributed by atoms with Crippen LogP contribution in [-0.4, -0.2) is 38.0 Å². The van der Waals surface area contributed by atoms with Gasteiger partial charge in [-0.2, -0.15) is 0 Å². The normalized spacial score (nSPS) is 20.9. The van der Waals surface area contributed by atoms with E-state index in [1.54, 1.807) is 6.33 Å². The van der Waals surface area contributed by atoms with Gasteiger partial charge in [0.15, 0.2) is 0 Å². The van der Waals surface area contributed by atoms with E-state index < -0.39 is 10.8 Å². The average molecular weight is 397 g/mol. The third-order valence-corrected chi connectivity index (χ3v) is 7.40. The fourth-order valence-electron chi connectivity index (χ4n) is 4.20. The molecule has 0 spiro atoms. The van der Waals surface area contributed by atoms with Crippen molar-refractivity contribution in [1.29, 1.82) is 0 Å². The smallest absolute Gasteiger partial charge is 0.142 e. The lowest BCUT2D eigenvalue weighted by atomic mass is 9.86. The second-order valence-corrected chi connectivity index (χ2v) is 9.46. The Morgan fingerprint density at radius 1 is 1.11 bits per heavy atom. The molecule has 4 rings (SSSR count). The molecule has 1 unspecified atom stereocenters. The molecule has 1 aliphatic rings. The van der Waals surface area contributed by atoms with E-state index >= 15 is 0 Å². The van der Waals surface area contributed by atoms with Crippen molar-refractivity contribution in [3.63, 3.8) is 0 Å². The van der Waals surface area contributed by atoms with E-state index in [1.807, 2.05) is 12.3 Å². The Kier molecular flexibility index (Phi) is 5.76. The summed E-state index contributed by atoms with van der Waals surface area (Å²) >= 11 is 0. The number of fused-ring (bicyclic) bond motifs is 1. The summed E-state index contributed by atoms with van der Waals surface area (Å²) in [6.07, 6.45) is 8.06. The molecule has 2 aromatic heterocycles. The third-order valence-electron chi connectivity index (χ3n) is 5.90. The van der Waals surface area contributed by atoms with Gasteiger partial charge in [-0.25, -0.2) is 9.97 Å². The minimum absolute atomic E-state index is 0.481. The molecule has 6 heteroatoms. The molecule has 0 radical (unpaired) electrons. The minimum Gasteiger partial charge on any atom is -0.356 e. The number of anilines is 1. The molecule has 0 bridgehead atoms. The number of aromatic nitrogens is 3. The number of aryl methyl sites for hydroxylation is 1. The summed E-state index contributed by atoms with van der Waals surface area (Å²) < 4.78 is 12.6. The number of aromatic amines is 1. The molecule has 3 aromatic rings. The maximum atomic E-state index is 12.6. The maximum absolute atomic E-state index is 12.6. The first-order chi connectivity index (χ1) is 13.6. The van der Waals surface area contributed by atoms with Crippen molar-refractivity contribution in [2.45, 2.75) is 44.4 Å². The van der Waals surface area contributed by atoms with Crippen molar-refractivity contribution in [2.75, 3.05) is 17.7 Å². The van der Waals surface area contributed by atoms with Crippen LogP contribution in [0.4, 0.5) is 5.82 Å². The van der Waals surface area contributed by atoms with Gasteiger partial charge < -0.3 is 9.88 Å².